The van der Waals surface area contributed by atoms with Crippen LogP contribution in [0.3, 0.4) is 0 Å². The van der Waals surface area contributed by atoms with Crippen molar-refractivity contribution in [2.24, 2.45) is 23.7 Å². The maximum absolute atomic E-state index is 6.20. The van der Waals surface area contributed by atoms with Gasteiger partial charge in [0, 0.05) is 35.3 Å². The molecule has 1 aliphatic rings. The van der Waals surface area contributed by atoms with Crippen LogP contribution in [0.5, 0.6) is 0 Å². The molecule has 0 bridgehead atoms. The van der Waals surface area contributed by atoms with Crippen LogP contribution in [0.15, 0.2) is 60.2 Å². The molecule has 2 aromatic carbocycles. The van der Waals surface area contributed by atoms with E-state index in [1.807, 2.05) is 45.4 Å². The molecule has 8 heteroatoms. The summed E-state index contributed by atoms with van der Waals surface area (Å²) < 4.78 is 1.80. The van der Waals surface area contributed by atoms with Gasteiger partial charge < -0.3 is 5.73 Å². The van der Waals surface area contributed by atoms with Gasteiger partial charge in [-0.15, -0.1) is 5.10 Å². The number of hydrazone groups is 1. The quantitative estimate of drug-likeness (QED) is 0.176. The van der Waals surface area contributed by atoms with Gasteiger partial charge >= 0.3 is 0 Å². The van der Waals surface area contributed by atoms with E-state index in [-0.39, 0.29) is 0 Å². The third kappa shape index (κ3) is 4.63. The van der Waals surface area contributed by atoms with E-state index in [9.17, 15) is 0 Å². The van der Waals surface area contributed by atoms with Crippen molar-refractivity contribution in [2.45, 2.75) is 45.4 Å². The highest BCUT2D eigenvalue weighted by Gasteiger charge is 2.22. The number of aromatic nitrogens is 4. The van der Waals surface area contributed by atoms with E-state index in [1.54, 1.807) is 11.0 Å². The number of rotatable bonds is 5. The molecule has 0 aliphatic heterocycles. The van der Waals surface area contributed by atoms with E-state index in [1.165, 1.54) is 18.4 Å². The lowest BCUT2D eigenvalue weighted by Crippen LogP contribution is -2.24. The number of nitrogens with zero attached hydrogens (tertiary/aromatic N) is 5. The summed E-state index contributed by atoms with van der Waals surface area (Å²) in [7, 11) is 1.91. The molecule has 1 saturated carbocycles. The van der Waals surface area contributed by atoms with Crippen molar-refractivity contribution in [1.29, 1.82) is 0 Å². The van der Waals surface area contributed by atoms with E-state index in [2.05, 4.69) is 50.0 Å². The minimum absolute atomic E-state index is 0.398. The van der Waals surface area contributed by atoms with Crippen LogP contribution >= 0.6 is 0 Å². The molecule has 2 heterocycles. The second-order valence-electron chi connectivity index (χ2n) is 8.27. The molecular formula is C26H32N8. The van der Waals surface area contributed by atoms with Crippen molar-refractivity contribution in [3.8, 4) is 22.4 Å². The van der Waals surface area contributed by atoms with Crippen molar-refractivity contribution in [3.63, 3.8) is 0 Å². The number of nitrogens with two attached hydrogens (primary N) is 2. The molecule has 0 saturated heterocycles. The minimum Gasteiger partial charge on any atom is -0.382 e. The fourth-order valence-corrected chi connectivity index (χ4v) is 4.68. The van der Waals surface area contributed by atoms with Gasteiger partial charge in [-0.3, -0.25) is 4.68 Å². The largest absolute Gasteiger partial charge is 0.382 e. The van der Waals surface area contributed by atoms with Gasteiger partial charge in [0.1, 0.15) is 6.33 Å². The molecule has 8 nitrogen and oxygen atoms in total. The highest BCUT2D eigenvalue weighted by molar-refractivity contribution is 6.00. The maximum atomic E-state index is 6.20. The Hall–Kier alpha value is -3.78. The van der Waals surface area contributed by atoms with Crippen LogP contribution in [0, 0.1) is 0 Å². The van der Waals surface area contributed by atoms with E-state index >= 15 is 0 Å². The molecule has 0 unspecified atom stereocenters. The summed E-state index contributed by atoms with van der Waals surface area (Å²) >= 11 is 0. The molecule has 4 aromatic rings. The van der Waals surface area contributed by atoms with Crippen LogP contribution in [-0.2, 0) is 7.05 Å². The molecule has 2 aromatic heterocycles. The van der Waals surface area contributed by atoms with E-state index in [0.29, 0.717) is 11.8 Å². The molecule has 176 valence electrons. The fourth-order valence-electron chi connectivity index (χ4n) is 4.68. The van der Waals surface area contributed by atoms with Crippen molar-refractivity contribution in [3.05, 3.63) is 66.2 Å². The average molecular weight is 457 g/mol. The standard InChI is InChI=1S/C24H26N8.C2H6/c1-32-13-18(12-29-32)16-6-9-20-22(11-16)27-14-28-23(20)17-7-8-19(24(25)30-31-26)21(10-17)15-4-2-3-5-15;1-2/h6-15,31H,2-5,26H2,1H3,(H2,25,30);1-2H3. The first kappa shape index (κ1) is 23.4. The fraction of sp³-hybridized carbons (Fsp3) is 0.308. The highest BCUT2D eigenvalue weighted by Crippen LogP contribution is 2.38. The molecule has 0 spiro atoms. The molecule has 5 N–H and O–H groups in total. The number of hydrogen-bond donors (Lipinski definition) is 3. The zero-order valence-electron chi connectivity index (χ0n) is 20.0. The zero-order valence-corrected chi connectivity index (χ0v) is 20.0. The minimum atomic E-state index is 0.398. The Bertz CT molecular complexity index is 1300. The lowest BCUT2D eigenvalue weighted by atomic mass is 9.89. The summed E-state index contributed by atoms with van der Waals surface area (Å²) in [6.45, 7) is 4.00. The van der Waals surface area contributed by atoms with Gasteiger partial charge in [0.2, 0.25) is 0 Å². The van der Waals surface area contributed by atoms with Crippen LogP contribution in [-0.4, -0.2) is 25.6 Å². The molecule has 0 radical (unpaired) electrons. The molecule has 0 atom stereocenters. The van der Waals surface area contributed by atoms with Crippen molar-refractivity contribution in [1.82, 2.24) is 25.3 Å². The maximum Gasteiger partial charge on any atom is 0.152 e. The van der Waals surface area contributed by atoms with Crippen LogP contribution in [0.2, 0.25) is 0 Å². The topological polar surface area (TPSA) is 120 Å². The summed E-state index contributed by atoms with van der Waals surface area (Å²) in [4.78, 5) is 9.17. The monoisotopic (exact) mass is 456 g/mol. The van der Waals surface area contributed by atoms with Gasteiger partial charge in [0.25, 0.3) is 0 Å². The Balaban J connectivity index is 0.00000133. The third-order valence-corrected chi connectivity index (χ3v) is 6.26. The summed E-state index contributed by atoms with van der Waals surface area (Å²) in [5, 5.41) is 9.29. The Morgan fingerprint density at radius 2 is 1.79 bits per heavy atom. The number of hydrazine groups is 1. The predicted molar refractivity (Wildman–Crippen MR) is 138 cm³/mol. The predicted octanol–water partition coefficient (Wildman–Crippen LogP) is 4.46. The highest BCUT2D eigenvalue weighted by atomic mass is 15.5. The number of amidine groups is 1. The molecule has 1 aliphatic carbocycles. The SMILES string of the molecule is CC.Cn1cc(-c2ccc3c(-c4ccc(/C(N)=N/NN)c(C5CCCC5)c4)ncnc3c2)cn1. The number of nitrogens with one attached hydrogen (secondary N) is 1. The van der Waals surface area contributed by atoms with Gasteiger partial charge in [0.15, 0.2) is 5.84 Å². The van der Waals surface area contributed by atoms with E-state index < -0.39 is 0 Å². The summed E-state index contributed by atoms with van der Waals surface area (Å²) in [6.07, 6.45) is 10.2. The Labute approximate surface area is 200 Å². The first-order chi connectivity index (χ1) is 16.6. The Morgan fingerprint density at radius 3 is 2.50 bits per heavy atom. The van der Waals surface area contributed by atoms with Crippen molar-refractivity contribution < 1.29 is 0 Å². The molecule has 1 fully saturated rings. The number of aryl methyl sites for hydroxylation is 1. The lowest BCUT2D eigenvalue weighted by molar-refractivity contribution is 0.721. The van der Waals surface area contributed by atoms with Crippen LogP contribution in [0.4, 0.5) is 0 Å². The van der Waals surface area contributed by atoms with Gasteiger partial charge in [0.05, 0.1) is 17.4 Å². The zero-order chi connectivity index (χ0) is 24.1. The molecular weight excluding hydrogens is 424 g/mol. The summed E-state index contributed by atoms with van der Waals surface area (Å²) in [5.41, 5.74) is 15.6. The second kappa shape index (κ2) is 10.4. The normalized spacial score (nSPS) is 14.2. The number of benzene rings is 2. The Morgan fingerprint density at radius 1 is 1.03 bits per heavy atom. The van der Waals surface area contributed by atoms with Crippen molar-refractivity contribution in [2.75, 3.05) is 0 Å². The van der Waals surface area contributed by atoms with E-state index in [4.69, 9.17) is 11.6 Å². The summed E-state index contributed by atoms with van der Waals surface area (Å²) in [5.74, 6) is 6.23. The first-order valence-corrected chi connectivity index (χ1v) is 11.8. The van der Waals surface area contributed by atoms with Crippen LogP contribution < -0.4 is 17.1 Å². The second-order valence-corrected chi connectivity index (χ2v) is 8.27. The summed E-state index contributed by atoms with van der Waals surface area (Å²) in [6, 6.07) is 12.5. The van der Waals surface area contributed by atoms with Gasteiger partial charge in [-0.1, -0.05) is 44.9 Å². The molecule has 0 amide bonds. The van der Waals surface area contributed by atoms with Gasteiger partial charge in [-0.2, -0.15) is 5.10 Å². The smallest absolute Gasteiger partial charge is 0.152 e. The number of hydrogen-bond acceptors (Lipinski definition) is 6. The van der Waals surface area contributed by atoms with Gasteiger partial charge in [-0.25, -0.2) is 21.3 Å². The average Bonchev–Trinajstić information content (AvgIpc) is 3.57. The third-order valence-electron chi connectivity index (χ3n) is 6.26. The Kier molecular flexibility index (Phi) is 7.18. The lowest BCUT2D eigenvalue weighted by Gasteiger charge is -2.17. The van der Waals surface area contributed by atoms with E-state index in [0.717, 1.165) is 51.7 Å². The van der Waals surface area contributed by atoms with Crippen LogP contribution in [0.1, 0.15) is 56.6 Å². The molecule has 5 rings (SSSR count). The van der Waals surface area contributed by atoms with Crippen LogP contribution in [0.25, 0.3) is 33.3 Å². The van der Waals surface area contributed by atoms with Crippen molar-refractivity contribution >= 4 is 16.7 Å². The van der Waals surface area contributed by atoms with Gasteiger partial charge in [-0.05, 0) is 48.1 Å². The first-order valence-electron chi connectivity index (χ1n) is 11.8. The molecule has 34 heavy (non-hydrogen) atoms. The number of fused-ring (bicyclic) bond motifs is 1.